The molecule has 0 amide bonds. The van der Waals surface area contributed by atoms with Gasteiger partial charge < -0.3 is 10.6 Å². The van der Waals surface area contributed by atoms with E-state index in [4.69, 9.17) is 5.73 Å². The Bertz CT molecular complexity index is 485. The smallest absolute Gasteiger partial charge is 0.161 e. The first-order valence-corrected chi connectivity index (χ1v) is 7.19. The summed E-state index contributed by atoms with van der Waals surface area (Å²) in [5.41, 5.74) is 5.89. The highest BCUT2D eigenvalue weighted by Gasteiger charge is 2.28. The molecule has 3 nitrogen and oxygen atoms in total. The van der Waals surface area contributed by atoms with Crippen molar-refractivity contribution in [2.24, 2.45) is 5.73 Å². The number of likely N-dealkylation sites (tertiary alicyclic amines) is 1. The van der Waals surface area contributed by atoms with Gasteiger partial charge in [-0.2, -0.15) is 0 Å². The summed E-state index contributed by atoms with van der Waals surface area (Å²) in [7, 11) is 4.07. The minimum Gasteiger partial charge on any atom is -0.329 e. The summed E-state index contributed by atoms with van der Waals surface area (Å²) in [6.07, 6.45) is 1.91. The standard InChI is InChI=1S/C15H22F3N3/c1-20(2)10-3-5-21(6-4-10)15(9-19)11-7-13(17)14(18)8-12(11)16/h7-8,10,15H,3-6,9,19H2,1-2H3. The van der Waals surface area contributed by atoms with E-state index in [1.165, 1.54) is 0 Å². The maximum Gasteiger partial charge on any atom is 0.161 e. The second kappa shape index (κ2) is 6.77. The Morgan fingerprint density at radius 3 is 2.24 bits per heavy atom. The van der Waals surface area contributed by atoms with Crippen LogP contribution < -0.4 is 5.73 Å². The zero-order valence-electron chi connectivity index (χ0n) is 12.5. The van der Waals surface area contributed by atoms with Crippen molar-refractivity contribution < 1.29 is 13.2 Å². The fourth-order valence-corrected chi connectivity index (χ4v) is 2.98. The molecular weight excluding hydrogens is 279 g/mol. The Morgan fingerprint density at radius 2 is 1.71 bits per heavy atom. The Labute approximate surface area is 123 Å². The van der Waals surface area contributed by atoms with Crippen molar-refractivity contribution in [2.45, 2.75) is 24.9 Å². The minimum absolute atomic E-state index is 0.139. The highest BCUT2D eigenvalue weighted by atomic mass is 19.2. The minimum atomic E-state index is -1.17. The molecule has 1 aliphatic rings. The molecule has 1 aromatic rings. The molecule has 2 N–H and O–H groups in total. The first-order chi connectivity index (χ1) is 9.93. The molecule has 1 heterocycles. The van der Waals surface area contributed by atoms with Crippen molar-refractivity contribution in [3.05, 3.63) is 35.1 Å². The topological polar surface area (TPSA) is 32.5 Å². The Hall–Kier alpha value is -1.11. The SMILES string of the molecule is CN(C)C1CCN(C(CN)c2cc(F)c(F)cc2F)CC1. The number of nitrogens with two attached hydrogens (primary N) is 1. The van der Waals surface area contributed by atoms with E-state index in [1.54, 1.807) is 0 Å². The molecule has 0 saturated carbocycles. The van der Waals surface area contributed by atoms with Gasteiger partial charge in [-0.05, 0) is 33.0 Å². The van der Waals surface area contributed by atoms with Crippen LogP contribution in [0, 0.1) is 17.5 Å². The quantitative estimate of drug-likeness (QED) is 0.865. The van der Waals surface area contributed by atoms with Crippen molar-refractivity contribution in [3.63, 3.8) is 0 Å². The predicted molar refractivity (Wildman–Crippen MR) is 76.4 cm³/mol. The summed E-state index contributed by atoms with van der Waals surface area (Å²) in [6.45, 7) is 1.71. The number of benzene rings is 1. The van der Waals surface area contributed by atoms with Crippen LogP contribution >= 0.6 is 0 Å². The van der Waals surface area contributed by atoms with Crippen LogP contribution in [0.4, 0.5) is 13.2 Å². The van der Waals surface area contributed by atoms with Gasteiger partial charge in [-0.3, -0.25) is 4.90 Å². The van der Waals surface area contributed by atoms with E-state index < -0.39 is 23.5 Å². The highest BCUT2D eigenvalue weighted by Crippen LogP contribution is 2.28. The van der Waals surface area contributed by atoms with Crippen LogP contribution in [0.3, 0.4) is 0 Å². The Kier molecular flexibility index (Phi) is 5.24. The molecule has 1 saturated heterocycles. The van der Waals surface area contributed by atoms with Crippen molar-refractivity contribution in [2.75, 3.05) is 33.7 Å². The van der Waals surface area contributed by atoms with Crippen LogP contribution in [-0.2, 0) is 0 Å². The number of nitrogens with zero attached hydrogens (tertiary/aromatic N) is 2. The van der Waals surface area contributed by atoms with E-state index in [-0.39, 0.29) is 12.1 Å². The van der Waals surface area contributed by atoms with Crippen molar-refractivity contribution >= 4 is 0 Å². The average Bonchev–Trinajstić information content (AvgIpc) is 2.45. The third kappa shape index (κ3) is 3.56. The maximum atomic E-state index is 13.9. The molecule has 1 aliphatic heterocycles. The number of piperidine rings is 1. The van der Waals surface area contributed by atoms with Gasteiger partial charge in [0.05, 0.1) is 6.04 Å². The zero-order chi connectivity index (χ0) is 15.6. The van der Waals surface area contributed by atoms with Crippen LogP contribution in [0.15, 0.2) is 12.1 Å². The zero-order valence-corrected chi connectivity index (χ0v) is 12.5. The normalized spacial score (nSPS) is 19.2. The molecule has 21 heavy (non-hydrogen) atoms. The molecular formula is C15H22F3N3. The van der Waals surface area contributed by atoms with Crippen LogP contribution in [0.25, 0.3) is 0 Å². The molecule has 0 radical (unpaired) electrons. The molecule has 0 bridgehead atoms. The van der Waals surface area contributed by atoms with Gasteiger partial charge in [-0.15, -0.1) is 0 Å². The number of hydrogen-bond acceptors (Lipinski definition) is 3. The molecule has 0 spiro atoms. The van der Waals surface area contributed by atoms with Crippen molar-refractivity contribution in [1.29, 1.82) is 0 Å². The highest BCUT2D eigenvalue weighted by molar-refractivity contribution is 5.24. The third-order valence-electron chi connectivity index (χ3n) is 4.29. The second-order valence-electron chi connectivity index (χ2n) is 5.77. The van der Waals surface area contributed by atoms with E-state index in [0.717, 1.165) is 32.0 Å². The molecule has 1 fully saturated rings. The van der Waals surface area contributed by atoms with Crippen LogP contribution in [0.2, 0.25) is 0 Å². The number of halogens is 3. The molecule has 1 atom stereocenters. The Balaban J connectivity index is 2.16. The summed E-state index contributed by atoms with van der Waals surface area (Å²) in [5, 5.41) is 0. The van der Waals surface area contributed by atoms with E-state index in [1.807, 2.05) is 14.1 Å². The van der Waals surface area contributed by atoms with E-state index in [9.17, 15) is 13.2 Å². The van der Waals surface area contributed by atoms with E-state index in [0.29, 0.717) is 12.1 Å². The average molecular weight is 301 g/mol. The van der Waals surface area contributed by atoms with Crippen molar-refractivity contribution in [3.8, 4) is 0 Å². The lowest BCUT2D eigenvalue weighted by molar-refractivity contribution is 0.109. The van der Waals surface area contributed by atoms with Crippen LogP contribution in [-0.4, -0.2) is 49.6 Å². The summed E-state index contributed by atoms with van der Waals surface area (Å²) >= 11 is 0. The third-order valence-corrected chi connectivity index (χ3v) is 4.29. The van der Waals surface area contributed by atoms with Gasteiger partial charge in [0.15, 0.2) is 11.6 Å². The molecule has 2 rings (SSSR count). The van der Waals surface area contributed by atoms with Gasteiger partial charge in [-0.1, -0.05) is 0 Å². The summed E-state index contributed by atoms with van der Waals surface area (Å²) < 4.78 is 40.4. The van der Waals surface area contributed by atoms with Gasteiger partial charge in [0, 0.05) is 37.3 Å². The molecule has 0 aliphatic carbocycles. The lowest BCUT2D eigenvalue weighted by atomic mass is 9.98. The van der Waals surface area contributed by atoms with Gasteiger partial charge in [0.25, 0.3) is 0 Å². The van der Waals surface area contributed by atoms with Crippen molar-refractivity contribution in [1.82, 2.24) is 9.80 Å². The summed E-state index contributed by atoms with van der Waals surface area (Å²) in [6, 6.07) is 1.61. The maximum absolute atomic E-state index is 13.9. The fraction of sp³-hybridized carbons (Fsp3) is 0.600. The van der Waals surface area contributed by atoms with Gasteiger partial charge in [0.1, 0.15) is 5.82 Å². The summed E-state index contributed by atoms with van der Waals surface area (Å²) in [4.78, 5) is 4.22. The van der Waals surface area contributed by atoms with Crippen LogP contribution in [0.5, 0.6) is 0 Å². The molecule has 1 unspecified atom stereocenters. The van der Waals surface area contributed by atoms with Gasteiger partial charge in [-0.25, -0.2) is 13.2 Å². The molecule has 0 aromatic heterocycles. The van der Waals surface area contributed by atoms with E-state index >= 15 is 0 Å². The largest absolute Gasteiger partial charge is 0.329 e. The lowest BCUT2D eigenvalue weighted by Gasteiger charge is -2.39. The first kappa shape index (κ1) is 16.3. The predicted octanol–water partition coefficient (Wildman–Crippen LogP) is 2.13. The first-order valence-electron chi connectivity index (χ1n) is 7.19. The molecule has 1 aromatic carbocycles. The van der Waals surface area contributed by atoms with Crippen LogP contribution in [0.1, 0.15) is 24.4 Å². The lowest BCUT2D eigenvalue weighted by Crippen LogP contribution is -2.45. The second-order valence-corrected chi connectivity index (χ2v) is 5.77. The van der Waals surface area contributed by atoms with Gasteiger partial charge >= 0.3 is 0 Å². The number of hydrogen-bond donors (Lipinski definition) is 1. The monoisotopic (exact) mass is 301 g/mol. The summed E-state index contributed by atoms with van der Waals surface area (Å²) in [5.74, 6) is -2.94. The molecule has 6 heteroatoms. The fourth-order valence-electron chi connectivity index (χ4n) is 2.98. The number of rotatable bonds is 4. The molecule has 118 valence electrons. The van der Waals surface area contributed by atoms with E-state index in [2.05, 4.69) is 9.80 Å². The van der Waals surface area contributed by atoms with Gasteiger partial charge in [0.2, 0.25) is 0 Å². The Morgan fingerprint density at radius 1 is 1.14 bits per heavy atom.